The van der Waals surface area contributed by atoms with E-state index >= 15 is 0 Å². The summed E-state index contributed by atoms with van der Waals surface area (Å²) in [7, 11) is 0. The molecular formula is C14H24O2S. The van der Waals surface area contributed by atoms with Gasteiger partial charge >= 0.3 is 5.97 Å². The molecule has 1 N–H and O–H groups in total. The number of thioether (sulfide) groups is 1. The summed E-state index contributed by atoms with van der Waals surface area (Å²) in [6.07, 6.45) is 6.76. The molecule has 0 aromatic heterocycles. The van der Waals surface area contributed by atoms with Crippen LogP contribution >= 0.6 is 11.8 Å². The Morgan fingerprint density at radius 2 is 1.76 bits per heavy atom. The first-order chi connectivity index (χ1) is 7.83. The van der Waals surface area contributed by atoms with Crippen molar-refractivity contribution in [3.05, 3.63) is 0 Å². The molecule has 0 radical (unpaired) electrons. The third-order valence-electron chi connectivity index (χ3n) is 4.46. The Labute approximate surface area is 109 Å². The minimum absolute atomic E-state index is 0.259. The van der Waals surface area contributed by atoms with E-state index in [1.165, 1.54) is 25.7 Å². The van der Waals surface area contributed by atoms with Gasteiger partial charge in [-0.3, -0.25) is 4.79 Å². The monoisotopic (exact) mass is 256 g/mol. The summed E-state index contributed by atoms with van der Waals surface area (Å²) in [5.74, 6) is 0.00223. The fourth-order valence-electron chi connectivity index (χ4n) is 3.00. The lowest BCUT2D eigenvalue weighted by molar-refractivity contribution is -0.145. The van der Waals surface area contributed by atoms with Crippen LogP contribution in [0.4, 0.5) is 0 Å². The lowest BCUT2D eigenvalue weighted by atomic mass is 9.62. The second kappa shape index (κ2) is 4.49. The van der Waals surface area contributed by atoms with Crippen LogP contribution in [0.15, 0.2) is 0 Å². The molecule has 0 amide bonds. The third kappa shape index (κ3) is 2.64. The molecule has 17 heavy (non-hydrogen) atoms. The molecule has 0 spiro atoms. The molecule has 0 saturated heterocycles. The molecule has 2 fully saturated rings. The van der Waals surface area contributed by atoms with Gasteiger partial charge in [-0.2, -0.15) is 0 Å². The SMILES string of the molecule is CC(C)(C)C1CC(SC2CCCC2)(C(=O)O)C1. The fourth-order valence-corrected chi connectivity index (χ4v) is 4.90. The number of carboxylic acids is 1. The van der Waals surface area contributed by atoms with Crippen LogP contribution in [0.25, 0.3) is 0 Å². The molecule has 0 heterocycles. The van der Waals surface area contributed by atoms with E-state index in [-0.39, 0.29) is 5.41 Å². The summed E-state index contributed by atoms with van der Waals surface area (Å²) in [6.45, 7) is 6.68. The molecule has 2 nitrogen and oxygen atoms in total. The quantitative estimate of drug-likeness (QED) is 0.831. The fraction of sp³-hybridized carbons (Fsp3) is 0.929. The summed E-state index contributed by atoms with van der Waals surface area (Å²) in [4.78, 5) is 11.5. The molecule has 98 valence electrons. The normalized spacial score (nSPS) is 34.6. The number of carbonyl (C=O) groups is 1. The van der Waals surface area contributed by atoms with Crippen molar-refractivity contribution in [3.63, 3.8) is 0 Å². The lowest BCUT2D eigenvalue weighted by Gasteiger charge is -2.50. The minimum Gasteiger partial charge on any atom is -0.480 e. The Morgan fingerprint density at radius 3 is 2.18 bits per heavy atom. The number of aliphatic carboxylic acids is 1. The van der Waals surface area contributed by atoms with Gasteiger partial charge in [0, 0.05) is 5.25 Å². The summed E-state index contributed by atoms with van der Waals surface area (Å²) in [5, 5.41) is 10.1. The number of carboxylic acid groups (broad SMARTS) is 1. The van der Waals surface area contributed by atoms with Gasteiger partial charge in [0.15, 0.2) is 0 Å². The maximum absolute atomic E-state index is 11.5. The number of hydrogen-bond acceptors (Lipinski definition) is 2. The van der Waals surface area contributed by atoms with Crippen LogP contribution in [0.3, 0.4) is 0 Å². The van der Waals surface area contributed by atoms with Gasteiger partial charge in [0.05, 0.1) is 0 Å². The molecule has 0 unspecified atom stereocenters. The largest absolute Gasteiger partial charge is 0.480 e. The third-order valence-corrected chi connectivity index (χ3v) is 6.23. The maximum atomic E-state index is 11.5. The highest BCUT2D eigenvalue weighted by Crippen LogP contribution is 2.56. The second-order valence-electron chi connectivity index (χ2n) is 6.79. The lowest BCUT2D eigenvalue weighted by Crippen LogP contribution is -2.52. The highest BCUT2D eigenvalue weighted by atomic mass is 32.2. The second-order valence-corrected chi connectivity index (χ2v) is 8.48. The van der Waals surface area contributed by atoms with Crippen molar-refractivity contribution in [2.24, 2.45) is 11.3 Å². The Balaban J connectivity index is 1.97. The van der Waals surface area contributed by atoms with E-state index in [0.29, 0.717) is 11.2 Å². The van der Waals surface area contributed by atoms with Gasteiger partial charge in [-0.15, -0.1) is 11.8 Å². The van der Waals surface area contributed by atoms with E-state index in [4.69, 9.17) is 0 Å². The first kappa shape index (κ1) is 13.3. The average Bonchev–Trinajstić information content (AvgIpc) is 2.59. The summed E-state index contributed by atoms with van der Waals surface area (Å²) in [5.41, 5.74) is 0.259. The molecule has 2 aliphatic rings. The van der Waals surface area contributed by atoms with Crippen molar-refractivity contribution < 1.29 is 9.90 Å². The van der Waals surface area contributed by atoms with Gasteiger partial charge < -0.3 is 5.11 Å². The van der Waals surface area contributed by atoms with Crippen LogP contribution in [0.1, 0.15) is 59.3 Å². The van der Waals surface area contributed by atoms with E-state index in [1.807, 2.05) is 0 Å². The molecule has 2 saturated carbocycles. The van der Waals surface area contributed by atoms with E-state index in [2.05, 4.69) is 20.8 Å². The van der Waals surface area contributed by atoms with Gasteiger partial charge in [-0.25, -0.2) is 0 Å². The van der Waals surface area contributed by atoms with Crippen LogP contribution in [0.5, 0.6) is 0 Å². The first-order valence-electron chi connectivity index (χ1n) is 6.75. The summed E-state index contributed by atoms with van der Waals surface area (Å²) in [6, 6.07) is 0. The van der Waals surface area contributed by atoms with E-state index in [1.54, 1.807) is 11.8 Å². The molecule has 2 aliphatic carbocycles. The topological polar surface area (TPSA) is 37.3 Å². The zero-order valence-electron chi connectivity index (χ0n) is 11.2. The Hall–Kier alpha value is -0.180. The molecule has 2 rings (SSSR count). The Morgan fingerprint density at radius 1 is 1.24 bits per heavy atom. The van der Waals surface area contributed by atoms with Crippen molar-refractivity contribution in [1.29, 1.82) is 0 Å². The number of hydrogen-bond donors (Lipinski definition) is 1. The van der Waals surface area contributed by atoms with Gasteiger partial charge in [-0.05, 0) is 37.0 Å². The van der Waals surface area contributed by atoms with Crippen LogP contribution in [0.2, 0.25) is 0 Å². The standard InChI is InChI=1S/C14H24O2S/c1-13(2,3)10-8-14(9-10,12(15)16)17-11-6-4-5-7-11/h10-11H,4-9H2,1-3H3,(H,15,16). The van der Waals surface area contributed by atoms with Gasteiger partial charge in [0.25, 0.3) is 0 Å². The predicted molar refractivity (Wildman–Crippen MR) is 72.4 cm³/mol. The van der Waals surface area contributed by atoms with Crippen molar-refractivity contribution in [1.82, 2.24) is 0 Å². The van der Waals surface area contributed by atoms with Crippen LogP contribution in [-0.4, -0.2) is 21.1 Å². The van der Waals surface area contributed by atoms with Crippen LogP contribution in [-0.2, 0) is 4.79 Å². The van der Waals surface area contributed by atoms with Gasteiger partial charge in [-0.1, -0.05) is 33.6 Å². The maximum Gasteiger partial charge on any atom is 0.319 e. The average molecular weight is 256 g/mol. The van der Waals surface area contributed by atoms with Crippen molar-refractivity contribution >= 4 is 17.7 Å². The molecule has 0 bridgehead atoms. The smallest absolute Gasteiger partial charge is 0.319 e. The first-order valence-corrected chi connectivity index (χ1v) is 7.63. The van der Waals surface area contributed by atoms with Crippen LogP contribution < -0.4 is 0 Å². The van der Waals surface area contributed by atoms with Gasteiger partial charge in [0.1, 0.15) is 4.75 Å². The zero-order chi connectivity index (χ0) is 12.7. The van der Waals surface area contributed by atoms with Gasteiger partial charge in [0.2, 0.25) is 0 Å². The summed E-state index contributed by atoms with van der Waals surface area (Å²) >= 11 is 1.77. The van der Waals surface area contributed by atoms with E-state index in [0.717, 1.165) is 12.8 Å². The highest BCUT2D eigenvalue weighted by Gasteiger charge is 2.55. The molecular weight excluding hydrogens is 232 g/mol. The molecule has 0 atom stereocenters. The van der Waals surface area contributed by atoms with E-state index < -0.39 is 10.7 Å². The summed E-state index contributed by atoms with van der Waals surface area (Å²) < 4.78 is -0.451. The molecule has 0 aliphatic heterocycles. The highest BCUT2D eigenvalue weighted by molar-refractivity contribution is 8.02. The molecule has 0 aromatic rings. The van der Waals surface area contributed by atoms with Crippen molar-refractivity contribution in [3.8, 4) is 0 Å². The Bertz CT molecular complexity index is 294. The minimum atomic E-state index is -0.574. The van der Waals surface area contributed by atoms with Crippen molar-refractivity contribution in [2.75, 3.05) is 0 Å². The van der Waals surface area contributed by atoms with Crippen molar-refractivity contribution in [2.45, 2.75) is 69.3 Å². The number of rotatable bonds is 3. The Kier molecular flexibility index (Phi) is 3.50. The molecule has 0 aromatic carbocycles. The van der Waals surface area contributed by atoms with E-state index in [9.17, 15) is 9.90 Å². The zero-order valence-corrected chi connectivity index (χ0v) is 12.0. The predicted octanol–water partition coefficient (Wildman–Crippen LogP) is 3.94. The molecule has 3 heteroatoms. The van der Waals surface area contributed by atoms with Crippen LogP contribution in [0, 0.1) is 11.3 Å².